The maximum Gasteiger partial charge on any atom is 0.321 e. The molecule has 1 aliphatic heterocycles. The number of ether oxygens (including phenoxy) is 1. The number of rotatable bonds is 6. The van der Waals surface area contributed by atoms with Crippen LogP contribution in [0, 0.1) is 5.41 Å². The molecule has 0 saturated carbocycles. The number of carbonyl (C=O) groups is 1. The Morgan fingerprint density at radius 2 is 1.85 bits per heavy atom. The Bertz CT molecular complexity index is 1130. The Balaban J connectivity index is 1.33. The lowest BCUT2D eigenvalue weighted by Gasteiger charge is -2.36. The van der Waals surface area contributed by atoms with Crippen LogP contribution in [0.4, 0.5) is 10.5 Å². The normalized spacial score (nSPS) is 19.3. The number of nitrogens with zero attached hydrogens (tertiary/aromatic N) is 3. The van der Waals surface area contributed by atoms with E-state index in [1.165, 1.54) is 16.8 Å². The summed E-state index contributed by atoms with van der Waals surface area (Å²) < 4.78 is 7.37. The van der Waals surface area contributed by atoms with Crippen LogP contribution in [-0.2, 0) is 13.0 Å². The van der Waals surface area contributed by atoms with Crippen molar-refractivity contribution < 1.29 is 9.53 Å². The maximum atomic E-state index is 11.9. The summed E-state index contributed by atoms with van der Waals surface area (Å²) in [7, 11) is 1.68. The van der Waals surface area contributed by atoms with Gasteiger partial charge in [0, 0.05) is 42.6 Å². The van der Waals surface area contributed by atoms with E-state index in [2.05, 4.69) is 53.4 Å². The van der Waals surface area contributed by atoms with Gasteiger partial charge in [-0.25, -0.2) is 9.48 Å². The zero-order chi connectivity index (χ0) is 23.0. The molecule has 0 spiro atoms. The van der Waals surface area contributed by atoms with Crippen LogP contribution >= 0.6 is 0 Å². The Morgan fingerprint density at radius 3 is 2.52 bits per heavy atom. The van der Waals surface area contributed by atoms with Gasteiger partial charge in [0.15, 0.2) is 0 Å². The summed E-state index contributed by atoms with van der Waals surface area (Å²) in [6.45, 7) is 6.83. The largest absolute Gasteiger partial charge is 0.497 e. The first-order valence-corrected chi connectivity index (χ1v) is 11.5. The van der Waals surface area contributed by atoms with Crippen molar-refractivity contribution in [3.05, 3.63) is 71.5 Å². The minimum Gasteiger partial charge on any atom is -0.497 e. The van der Waals surface area contributed by atoms with Crippen molar-refractivity contribution in [3.63, 3.8) is 0 Å². The number of anilines is 1. The quantitative estimate of drug-likeness (QED) is 0.596. The molecule has 33 heavy (non-hydrogen) atoms. The van der Waals surface area contributed by atoms with E-state index in [1.54, 1.807) is 12.0 Å². The molecule has 0 radical (unpaired) electrons. The monoisotopic (exact) mass is 445 g/mol. The van der Waals surface area contributed by atoms with Gasteiger partial charge < -0.3 is 15.4 Å². The van der Waals surface area contributed by atoms with Crippen LogP contribution in [0.3, 0.4) is 0 Å². The standard InChI is InChI=1S/C26H31N5O2/c1-26(2)14-23(28-16-18-4-6-19(7-5-18)30-13-12-27-25(30)32)22-17-29-31(24(22)15-26)20-8-10-21(33-3)11-9-20/h4-11,17,23,28H,12-16H2,1-3H3,(H,27,32)/t23-/m1/s1. The van der Waals surface area contributed by atoms with Crippen LogP contribution in [0.15, 0.2) is 54.7 Å². The first-order chi connectivity index (χ1) is 15.9. The summed E-state index contributed by atoms with van der Waals surface area (Å²) in [5.74, 6) is 0.844. The molecule has 0 bridgehead atoms. The van der Waals surface area contributed by atoms with Crippen LogP contribution in [-0.4, -0.2) is 36.0 Å². The van der Waals surface area contributed by atoms with Crippen LogP contribution in [0.2, 0.25) is 0 Å². The molecule has 2 aliphatic rings. The van der Waals surface area contributed by atoms with Crippen molar-refractivity contribution in [2.45, 2.75) is 39.3 Å². The molecule has 3 aromatic rings. The predicted octanol–water partition coefficient (Wildman–Crippen LogP) is 4.21. The summed E-state index contributed by atoms with van der Waals surface area (Å²) >= 11 is 0. The number of amides is 2. The van der Waals surface area contributed by atoms with Gasteiger partial charge in [0.25, 0.3) is 0 Å². The fraction of sp³-hybridized carbons (Fsp3) is 0.385. The summed E-state index contributed by atoms with van der Waals surface area (Å²) in [6.07, 6.45) is 4.06. The zero-order valence-corrected chi connectivity index (χ0v) is 19.5. The first kappa shape index (κ1) is 21.5. The second-order valence-corrected chi connectivity index (χ2v) is 9.69. The Kier molecular flexibility index (Phi) is 5.58. The molecule has 1 aliphatic carbocycles. The summed E-state index contributed by atoms with van der Waals surface area (Å²) in [5, 5.41) is 11.4. The lowest BCUT2D eigenvalue weighted by molar-refractivity contribution is 0.252. The highest BCUT2D eigenvalue weighted by Gasteiger charge is 2.35. The predicted molar refractivity (Wildman–Crippen MR) is 129 cm³/mol. The van der Waals surface area contributed by atoms with Crippen LogP contribution in [0.1, 0.15) is 43.1 Å². The van der Waals surface area contributed by atoms with Gasteiger partial charge in [-0.2, -0.15) is 5.10 Å². The van der Waals surface area contributed by atoms with Crippen molar-refractivity contribution in [1.29, 1.82) is 0 Å². The molecule has 1 aromatic heterocycles. The highest BCUT2D eigenvalue weighted by atomic mass is 16.5. The molecule has 2 amide bonds. The molecule has 172 valence electrons. The number of hydrogen-bond acceptors (Lipinski definition) is 4. The Labute approximate surface area is 194 Å². The van der Waals surface area contributed by atoms with Crippen LogP contribution < -0.4 is 20.3 Å². The highest BCUT2D eigenvalue weighted by molar-refractivity contribution is 5.93. The van der Waals surface area contributed by atoms with Crippen LogP contribution in [0.5, 0.6) is 5.75 Å². The van der Waals surface area contributed by atoms with Crippen molar-refractivity contribution in [3.8, 4) is 11.4 Å². The molecule has 7 heteroatoms. The number of fused-ring (bicyclic) bond motifs is 1. The molecule has 7 nitrogen and oxygen atoms in total. The smallest absolute Gasteiger partial charge is 0.321 e. The summed E-state index contributed by atoms with van der Waals surface area (Å²) in [6, 6.07) is 16.5. The fourth-order valence-corrected chi connectivity index (χ4v) is 4.92. The number of methoxy groups -OCH3 is 1. The van der Waals surface area contributed by atoms with Gasteiger partial charge in [0.1, 0.15) is 5.75 Å². The molecule has 2 aromatic carbocycles. The summed E-state index contributed by atoms with van der Waals surface area (Å²) in [5.41, 5.74) is 5.90. The van der Waals surface area contributed by atoms with E-state index in [0.29, 0.717) is 13.1 Å². The number of urea groups is 1. The van der Waals surface area contributed by atoms with Gasteiger partial charge in [0.2, 0.25) is 0 Å². The molecule has 2 N–H and O–H groups in total. The van der Waals surface area contributed by atoms with E-state index >= 15 is 0 Å². The van der Waals surface area contributed by atoms with Crippen molar-refractivity contribution in [2.75, 3.05) is 25.1 Å². The zero-order valence-electron chi connectivity index (χ0n) is 19.5. The Hall–Kier alpha value is -3.32. The number of nitrogens with one attached hydrogen (secondary N) is 2. The van der Waals surface area contributed by atoms with Gasteiger partial charge >= 0.3 is 6.03 Å². The summed E-state index contributed by atoms with van der Waals surface area (Å²) in [4.78, 5) is 13.7. The number of benzene rings is 2. The van der Waals surface area contributed by atoms with Gasteiger partial charge in [-0.05, 0) is 60.2 Å². The van der Waals surface area contributed by atoms with E-state index in [1.807, 2.05) is 30.5 Å². The number of hydrogen-bond donors (Lipinski definition) is 2. The fourth-order valence-electron chi connectivity index (χ4n) is 4.92. The van der Waals surface area contributed by atoms with E-state index in [0.717, 1.165) is 36.5 Å². The average molecular weight is 446 g/mol. The maximum absolute atomic E-state index is 11.9. The lowest BCUT2D eigenvalue weighted by atomic mass is 9.74. The van der Waals surface area contributed by atoms with Gasteiger partial charge in [-0.1, -0.05) is 26.0 Å². The van der Waals surface area contributed by atoms with E-state index in [-0.39, 0.29) is 17.5 Å². The topological polar surface area (TPSA) is 71.4 Å². The third kappa shape index (κ3) is 4.33. The molecular weight excluding hydrogens is 414 g/mol. The van der Waals surface area contributed by atoms with Gasteiger partial charge in [0.05, 0.1) is 19.0 Å². The van der Waals surface area contributed by atoms with E-state index in [9.17, 15) is 4.79 Å². The molecule has 0 unspecified atom stereocenters. The van der Waals surface area contributed by atoms with Crippen molar-refractivity contribution >= 4 is 11.7 Å². The lowest BCUT2D eigenvalue weighted by Crippen LogP contribution is -2.33. The number of aromatic nitrogens is 2. The second-order valence-electron chi connectivity index (χ2n) is 9.69. The SMILES string of the molecule is COc1ccc(-n2ncc3c2CC(C)(C)C[C@H]3NCc2ccc(N3CCNC3=O)cc2)cc1. The first-order valence-electron chi connectivity index (χ1n) is 11.5. The van der Waals surface area contributed by atoms with E-state index in [4.69, 9.17) is 9.84 Å². The average Bonchev–Trinajstić information content (AvgIpc) is 3.43. The number of carbonyl (C=O) groups excluding carboxylic acids is 1. The van der Waals surface area contributed by atoms with Gasteiger partial charge in [-0.15, -0.1) is 0 Å². The Morgan fingerprint density at radius 1 is 1.12 bits per heavy atom. The van der Waals surface area contributed by atoms with Crippen LogP contribution in [0.25, 0.3) is 5.69 Å². The molecule has 1 fully saturated rings. The molecule has 2 heterocycles. The highest BCUT2D eigenvalue weighted by Crippen LogP contribution is 2.41. The minimum absolute atomic E-state index is 0.0216. The molecule has 5 rings (SSSR count). The molecule has 1 saturated heterocycles. The second kappa shape index (κ2) is 8.56. The molecular formula is C26H31N5O2. The molecule has 1 atom stereocenters. The van der Waals surface area contributed by atoms with Crippen molar-refractivity contribution in [1.82, 2.24) is 20.4 Å². The van der Waals surface area contributed by atoms with E-state index < -0.39 is 0 Å². The minimum atomic E-state index is -0.0216. The third-order valence-electron chi connectivity index (χ3n) is 6.65. The third-order valence-corrected chi connectivity index (χ3v) is 6.65. The van der Waals surface area contributed by atoms with Gasteiger partial charge in [-0.3, -0.25) is 4.90 Å². The van der Waals surface area contributed by atoms with Crippen molar-refractivity contribution in [2.24, 2.45) is 5.41 Å².